The van der Waals surface area contributed by atoms with Crippen LogP contribution >= 0.6 is 0 Å². The lowest BCUT2D eigenvalue weighted by Crippen LogP contribution is -2.41. The van der Waals surface area contributed by atoms with Crippen LogP contribution in [0, 0.1) is 0 Å². The van der Waals surface area contributed by atoms with E-state index >= 15 is 0 Å². The molecule has 0 N–H and O–H groups in total. The maximum absolute atomic E-state index is 10.8. The van der Waals surface area contributed by atoms with E-state index in [0.717, 1.165) is 18.8 Å². The Balaban J connectivity index is 3.78. The fourth-order valence-corrected chi connectivity index (χ4v) is 2.42. The molecule has 0 aromatic rings. The summed E-state index contributed by atoms with van der Waals surface area (Å²) in [6, 6.07) is 0. The molecule has 1 atom stereocenters. The van der Waals surface area contributed by atoms with Crippen LogP contribution in [-0.4, -0.2) is 31.5 Å². The number of hydrogen-bond acceptors (Lipinski definition) is 2. The van der Waals surface area contributed by atoms with Gasteiger partial charge in [-0.25, -0.2) is 0 Å². The Bertz CT molecular complexity index is 164. The Hall–Kier alpha value is 0.487. The van der Waals surface area contributed by atoms with Crippen molar-refractivity contribution in [1.82, 2.24) is 0 Å². The lowest BCUT2D eigenvalue weighted by atomic mass is 10.2. The molecule has 0 spiro atoms. The Morgan fingerprint density at radius 1 is 1.29 bits per heavy atom. The van der Waals surface area contributed by atoms with Gasteiger partial charge >= 0.3 is 0 Å². The second-order valence-corrected chi connectivity index (χ2v) is 11.6. The molecule has 0 radical (unpaired) electrons. The lowest BCUT2D eigenvalue weighted by molar-refractivity contribution is 0.288. The summed E-state index contributed by atoms with van der Waals surface area (Å²) in [5.41, 5.74) is 0. The monoisotopic (exact) mass is 236 g/mol. The quantitative estimate of drug-likeness (QED) is 0.418. The molecule has 0 heterocycles. The molecular formula is C10H24O2SSi. The van der Waals surface area contributed by atoms with Gasteiger partial charge in [-0.05, 0) is 18.1 Å². The van der Waals surface area contributed by atoms with Crippen LogP contribution < -0.4 is 0 Å². The summed E-state index contributed by atoms with van der Waals surface area (Å²) >= 11 is -0.680. The second kappa shape index (κ2) is 5.54. The summed E-state index contributed by atoms with van der Waals surface area (Å²) < 4.78 is 16.8. The van der Waals surface area contributed by atoms with Crippen molar-refractivity contribution in [1.29, 1.82) is 0 Å². The van der Waals surface area contributed by atoms with Crippen LogP contribution in [0.2, 0.25) is 18.1 Å². The summed E-state index contributed by atoms with van der Waals surface area (Å²) in [6.07, 6.45) is 2.65. The average molecular weight is 236 g/mol. The highest BCUT2D eigenvalue weighted by molar-refractivity contribution is 7.90. The zero-order chi connectivity index (χ0) is 11.4. The Morgan fingerprint density at radius 3 is 2.14 bits per heavy atom. The van der Waals surface area contributed by atoms with Crippen molar-refractivity contribution in [3.8, 4) is 0 Å². The Labute approximate surface area is 92.7 Å². The van der Waals surface area contributed by atoms with Crippen LogP contribution in [-0.2, 0) is 15.6 Å². The van der Waals surface area contributed by atoms with Gasteiger partial charge in [0.1, 0.15) is 5.75 Å². The van der Waals surface area contributed by atoms with E-state index in [1.54, 1.807) is 6.26 Å². The van der Waals surface area contributed by atoms with Gasteiger partial charge in [0.2, 0.25) is 0 Å². The van der Waals surface area contributed by atoms with Gasteiger partial charge in [-0.15, -0.1) is 0 Å². The first-order chi connectivity index (χ1) is 6.17. The van der Waals surface area contributed by atoms with Crippen LogP contribution in [0.4, 0.5) is 0 Å². The topological polar surface area (TPSA) is 32.3 Å². The molecule has 0 amide bonds. The molecule has 0 aliphatic heterocycles. The predicted molar refractivity (Wildman–Crippen MR) is 66.7 cm³/mol. The first kappa shape index (κ1) is 14.5. The van der Waals surface area contributed by atoms with Gasteiger partial charge in [-0.3, -0.25) is 0 Å². The molecule has 0 fully saturated rings. The summed E-state index contributed by atoms with van der Waals surface area (Å²) in [7, 11) is -1.58. The van der Waals surface area contributed by atoms with Crippen LogP contribution in [0.25, 0.3) is 0 Å². The minimum Gasteiger partial charge on any atom is -0.617 e. The molecule has 0 bridgehead atoms. The molecule has 1 unspecified atom stereocenters. The van der Waals surface area contributed by atoms with Gasteiger partial charge in [-0.2, -0.15) is 0 Å². The largest absolute Gasteiger partial charge is 0.617 e. The standard InChI is InChI=1S/C10H24O2SSi/c1-10(2,3)14(5,6)12-8-7-9-13(4)11/h7-9H2,1-6H3. The van der Waals surface area contributed by atoms with Crippen molar-refractivity contribution in [2.75, 3.05) is 18.6 Å². The molecule has 4 heteroatoms. The highest BCUT2D eigenvalue weighted by Gasteiger charge is 2.36. The molecule has 0 aliphatic carbocycles. The highest BCUT2D eigenvalue weighted by atomic mass is 32.2. The molecule has 0 saturated carbocycles. The van der Waals surface area contributed by atoms with Crippen molar-refractivity contribution in [2.24, 2.45) is 0 Å². The van der Waals surface area contributed by atoms with E-state index in [1.807, 2.05) is 0 Å². The molecule has 14 heavy (non-hydrogen) atoms. The van der Waals surface area contributed by atoms with Gasteiger partial charge in [0.05, 0.1) is 6.26 Å². The van der Waals surface area contributed by atoms with E-state index in [0.29, 0.717) is 0 Å². The fraction of sp³-hybridized carbons (Fsp3) is 1.00. The predicted octanol–water partition coefficient (Wildman–Crippen LogP) is 2.78. The number of rotatable bonds is 5. The third kappa shape index (κ3) is 5.39. The minimum absolute atomic E-state index is 0.276. The van der Waals surface area contributed by atoms with Crippen LogP contribution in [0.3, 0.4) is 0 Å². The van der Waals surface area contributed by atoms with E-state index in [4.69, 9.17) is 4.43 Å². The summed E-state index contributed by atoms with van der Waals surface area (Å²) in [4.78, 5) is 0. The minimum atomic E-state index is -1.58. The molecule has 0 aromatic heterocycles. The lowest BCUT2D eigenvalue weighted by Gasteiger charge is -2.36. The SMILES string of the molecule is C[S+]([O-])CCCO[Si](C)(C)C(C)(C)C. The molecule has 0 aliphatic rings. The van der Waals surface area contributed by atoms with Crippen LogP contribution in [0.1, 0.15) is 27.2 Å². The second-order valence-electron chi connectivity index (χ2n) is 5.24. The first-order valence-electron chi connectivity index (χ1n) is 5.11. The van der Waals surface area contributed by atoms with E-state index in [2.05, 4.69) is 33.9 Å². The molecular weight excluding hydrogens is 212 g/mol. The van der Waals surface area contributed by atoms with Crippen molar-refractivity contribution < 1.29 is 8.98 Å². The van der Waals surface area contributed by atoms with Gasteiger partial charge in [-0.1, -0.05) is 31.9 Å². The highest BCUT2D eigenvalue weighted by Crippen LogP contribution is 2.36. The third-order valence-corrected chi connectivity index (χ3v) is 8.25. The van der Waals surface area contributed by atoms with Gasteiger partial charge in [0.15, 0.2) is 8.32 Å². The Morgan fingerprint density at radius 2 is 1.79 bits per heavy atom. The van der Waals surface area contributed by atoms with Gasteiger partial charge in [0.25, 0.3) is 0 Å². The van der Waals surface area contributed by atoms with Crippen LogP contribution in [0.15, 0.2) is 0 Å². The fourth-order valence-electron chi connectivity index (χ4n) is 0.806. The van der Waals surface area contributed by atoms with Crippen molar-refractivity contribution in [3.63, 3.8) is 0 Å². The normalized spacial score (nSPS) is 15.6. The summed E-state index contributed by atoms with van der Waals surface area (Å²) in [5.74, 6) is 0.759. The maximum atomic E-state index is 10.8. The first-order valence-corrected chi connectivity index (χ1v) is 9.74. The van der Waals surface area contributed by atoms with Gasteiger partial charge < -0.3 is 8.98 Å². The van der Waals surface area contributed by atoms with E-state index in [9.17, 15) is 4.55 Å². The molecule has 0 rings (SSSR count). The molecule has 86 valence electrons. The van der Waals surface area contributed by atoms with Crippen molar-refractivity contribution in [2.45, 2.75) is 45.3 Å². The van der Waals surface area contributed by atoms with E-state index < -0.39 is 19.5 Å². The maximum Gasteiger partial charge on any atom is 0.191 e. The number of hydrogen-bond donors (Lipinski definition) is 0. The molecule has 2 nitrogen and oxygen atoms in total. The van der Waals surface area contributed by atoms with Crippen LogP contribution in [0.5, 0.6) is 0 Å². The third-order valence-electron chi connectivity index (χ3n) is 2.85. The molecule has 0 saturated heterocycles. The zero-order valence-corrected chi connectivity index (χ0v) is 12.2. The zero-order valence-electron chi connectivity index (χ0n) is 10.3. The van der Waals surface area contributed by atoms with Gasteiger partial charge in [0, 0.05) is 13.0 Å². The van der Waals surface area contributed by atoms with Crippen molar-refractivity contribution in [3.05, 3.63) is 0 Å². The van der Waals surface area contributed by atoms with E-state index in [-0.39, 0.29) is 5.04 Å². The van der Waals surface area contributed by atoms with E-state index in [1.165, 1.54) is 0 Å². The van der Waals surface area contributed by atoms with Crippen molar-refractivity contribution >= 4 is 19.5 Å². The molecule has 0 aromatic carbocycles. The Kier molecular flexibility index (Phi) is 5.73. The smallest absolute Gasteiger partial charge is 0.191 e. The summed E-state index contributed by atoms with van der Waals surface area (Å²) in [6.45, 7) is 12.0. The average Bonchev–Trinajstić information content (AvgIpc) is 1.95. The summed E-state index contributed by atoms with van der Waals surface area (Å²) in [5, 5.41) is 0.276.